The van der Waals surface area contributed by atoms with Crippen molar-refractivity contribution in [1.29, 1.82) is 10.8 Å². The number of rotatable bonds is 8. The molecule has 0 radical (unpaired) electrons. The molecule has 0 unspecified atom stereocenters. The van der Waals surface area contributed by atoms with Gasteiger partial charge in [0.2, 0.25) is 0 Å². The first-order chi connectivity index (χ1) is 14.2. The second kappa shape index (κ2) is 9.18. The van der Waals surface area contributed by atoms with Crippen molar-refractivity contribution in [2.45, 2.75) is 37.5 Å². The highest BCUT2D eigenvalue weighted by molar-refractivity contribution is 7.99. The molecule has 0 bridgehead atoms. The minimum atomic E-state index is 0.0841. The Balaban J connectivity index is 2.22. The Morgan fingerprint density at radius 3 is 2.07 bits per heavy atom. The van der Waals surface area contributed by atoms with Gasteiger partial charge in [0.25, 0.3) is 0 Å². The van der Waals surface area contributed by atoms with Gasteiger partial charge < -0.3 is 20.5 Å². The lowest BCUT2D eigenvalue weighted by Crippen LogP contribution is -2.20. The zero-order chi connectivity index (χ0) is 22.0. The van der Waals surface area contributed by atoms with Gasteiger partial charge in [0.05, 0.1) is 29.2 Å². The van der Waals surface area contributed by atoms with E-state index in [9.17, 15) is 0 Å². The van der Waals surface area contributed by atoms with Gasteiger partial charge in [-0.05, 0) is 24.0 Å². The number of anilines is 1. The molecule has 0 spiro atoms. The van der Waals surface area contributed by atoms with Crippen LogP contribution in [0.25, 0.3) is 0 Å². The summed E-state index contributed by atoms with van der Waals surface area (Å²) in [7, 11) is 0. The molecule has 1 heterocycles. The van der Waals surface area contributed by atoms with Gasteiger partial charge in [0.15, 0.2) is 5.75 Å². The molecule has 1 aliphatic heterocycles. The normalized spacial score (nSPS) is 13.0. The molecular formula is C22H27ClN4O2S. The Bertz CT molecular complexity index is 992. The van der Waals surface area contributed by atoms with Crippen molar-refractivity contribution >= 4 is 40.7 Å². The fourth-order valence-corrected chi connectivity index (χ4v) is 4.27. The van der Waals surface area contributed by atoms with Gasteiger partial charge in [0.1, 0.15) is 22.4 Å². The third-order valence-corrected chi connectivity index (χ3v) is 5.97. The van der Waals surface area contributed by atoms with Crippen molar-refractivity contribution < 1.29 is 9.47 Å². The van der Waals surface area contributed by atoms with E-state index in [1.807, 2.05) is 38.1 Å². The van der Waals surface area contributed by atoms with Gasteiger partial charge in [-0.2, -0.15) is 0 Å². The molecule has 0 amide bonds. The molecule has 0 aromatic heterocycles. The molecule has 0 atom stereocenters. The van der Waals surface area contributed by atoms with Crippen LogP contribution in [0.2, 0.25) is 5.02 Å². The highest BCUT2D eigenvalue weighted by Gasteiger charge is 2.35. The van der Waals surface area contributed by atoms with Crippen LogP contribution in [0.15, 0.2) is 34.1 Å². The summed E-state index contributed by atoms with van der Waals surface area (Å²) in [6.07, 6.45) is 0. The molecule has 2 aromatic rings. The molecule has 0 aliphatic carbocycles. The quantitative estimate of drug-likeness (QED) is 0.406. The fourth-order valence-electron chi connectivity index (χ4n) is 2.93. The lowest BCUT2D eigenvalue weighted by molar-refractivity contribution is 0.258. The summed E-state index contributed by atoms with van der Waals surface area (Å²) in [5.41, 5.74) is 7.76. The van der Waals surface area contributed by atoms with Crippen molar-refractivity contribution in [3.05, 3.63) is 40.4 Å². The summed E-state index contributed by atoms with van der Waals surface area (Å²) in [5, 5.41) is 19.9. The number of halogens is 1. The highest BCUT2D eigenvalue weighted by Crippen LogP contribution is 2.51. The minimum absolute atomic E-state index is 0.0841. The van der Waals surface area contributed by atoms with Crippen LogP contribution in [-0.4, -0.2) is 24.9 Å². The fraction of sp³-hybridized carbons (Fsp3) is 0.364. The van der Waals surface area contributed by atoms with Gasteiger partial charge in [0, 0.05) is 10.6 Å². The number of hydrogen-bond donors (Lipinski definition) is 4. The van der Waals surface area contributed by atoms with Crippen molar-refractivity contribution in [2.75, 3.05) is 18.9 Å². The number of nitrogens with one attached hydrogen (secondary N) is 3. The van der Waals surface area contributed by atoms with Crippen molar-refractivity contribution in [1.82, 2.24) is 5.32 Å². The number of nitrogen functional groups attached to an aromatic ring is 1. The third-order valence-electron chi connectivity index (χ3n) is 4.31. The molecule has 2 aromatic carbocycles. The number of benzene rings is 2. The summed E-state index contributed by atoms with van der Waals surface area (Å²) in [6, 6.07) is 7.52. The van der Waals surface area contributed by atoms with E-state index in [1.165, 1.54) is 11.8 Å². The molecule has 0 saturated heterocycles. The van der Waals surface area contributed by atoms with Crippen LogP contribution >= 0.6 is 23.4 Å². The van der Waals surface area contributed by atoms with E-state index in [-0.39, 0.29) is 23.5 Å². The molecule has 5 N–H and O–H groups in total. The Hall–Kier alpha value is -2.38. The van der Waals surface area contributed by atoms with Gasteiger partial charge in [-0.1, -0.05) is 63.2 Å². The first-order valence-corrected chi connectivity index (χ1v) is 11.0. The van der Waals surface area contributed by atoms with Crippen LogP contribution in [0.4, 0.5) is 5.69 Å². The second-order valence-corrected chi connectivity index (χ2v) is 9.41. The average molecular weight is 447 g/mol. The predicted molar refractivity (Wildman–Crippen MR) is 124 cm³/mol. The lowest BCUT2D eigenvalue weighted by atomic mass is 10.1. The lowest BCUT2D eigenvalue weighted by Gasteiger charge is -2.21. The third kappa shape index (κ3) is 4.52. The molecule has 6 nitrogen and oxygen atoms in total. The SMILES string of the molecule is CC(C)COc1c(Cl)c(Sc2ccccc2N)c(OCC(C)C)c2c1C(=N)NC2=N. The second-order valence-electron chi connectivity index (χ2n) is 7.98. The van der Waals surface area contributed by atoms with Crippen molar-refractivity contribution in [3.63, 3.8) is 0 Å². The first kappa shape index (κ1) is 22.3. The largest absolute Gasteiger partial charge is 0.491 e. The Kier molecular flexibility index (Phi) is 6.83. The van der Waals surface area contributed by atoms with Crippen molar-refractivity contribution in [3.8, 4) is 11.5 Å². The maximum atomic E-state index is 8.43. The number of fused-ring (bicyclic) bond motifs is 1. The molecule has 8 heteroatoms. The molecule has 3 rings (SSSR count). The average Bonchev–Trinajstić information content (AvgIpc) is 2.96. The zero-order valence-electron chi connectivity index (χ0n) is 17.6. The zero-order valence-corrected chi connectivity index (χ0v) is 19.1. The summed E-state index contributed by atoms with van der Waals surface area (Å²) in [4.78, 5) is 1.46. The van der Waals surface area contributed by atoms with Gasteiger partial charge >= 0.3 is 0 Å². The molecule has 0 fully saturated rings. The van der Waals surface area contributed by atoms with E-state index in [0.29, 0.717) is 51.4 Å². The highest BCUT2D eigenvalue weighted by atomic mass is 35.5. The van der Waals surface area contributed by atoms with Crippen LogP contribution in [0.1, 0.15) is 38.8 Å². The monoisotopic (exact) mass is 446 g/mol. The van der Waals surface area contributed by atoms with E-state index < -0.39 is 0 Å². The van der Waals surface area contributed by atoms with E-state index in [4.69, 9.17) is 37.6 Å². The molecule has 0 saturated carbocycles. The summed E-state index contributed by atoms with van der Waals surface area (Å²) in [6.45, 7) is 9.08. The number of nitrogens with two attached hydrogens (primary N) is 1. The van der Waals surface area contributed by atoms with Crippen LogP contribution in [-0.2, 0) is 0 Å². The number of ether oxygens (including phenoxy) is 2. The molecule has 30 heavy (non-hydrogen) atoms. The molecular weight excluding hydrogens is 420 g/mol. The first-order valence-electron chi connectivity index (χ1n) is 9.82. The summed E-state index contributed by atoms with van der Waals surface area (Å²) in [5.74, 6) is 1.61. The maximum Gasteiger partial charge on any atom is 0.151 e. The Labute approximate surface area is 186 Å². The summed E-state index contributed by atoms with van der Waals surface area (Å²) < 4.78 is 12.2. The standard InChI is InChI=1S/C22H27ClN4O2S/c1-11(2)9-28-18-15-16(22(26)27-21(15)25)19(29-10-12(3)4)20(17(18)23)30-14-8-6-5-7-13(14)24/h5-8,11-12H,9-10,24H2,1-4H3,(H3,25,26,27). The van der Waals surface area contributed by atoms with Crippen LogP contribution < -0.4 is 20.5 Å². The summed E-state index contributed by atoms with van der Waals surface area (Å²) >= 11 is 8.23. The number of para-hydroxylation sites is 1. The van der Waals surface area contributed by atoms with Crippen LogP contribution in [0.5, 0.6) is 11.5 Å². The predicted octanol–water partition coefficient (Wildman–Crippen LogP) is 5.40. The van der Waals surface area contributed by atoms with E-state index in [2.05, 4.69) is 19.2 Å². The number of amidine groups is 2. The topological polar surface area (TPSA) is 104 Å². The van der Waals surface area contributed by atoms with E-state index >= 15 is 0 Å². The van der Waals surface area contributed by atoms with Gasteiger partial charge in [-0.15, -0.1) is 0 Å². The smallest absolute Gasteiger partial charge is 0.151 e. The van der Waals surface area contributed by atoms with Gasteiger partial charge in [-0.3, -0.25) is 10.8 Å². The maximum absolute atomic E-state index is 8.43. The molecule has 160 valence electrons. The van der Waals surface area contributed by atoms with Crippen LogP contribution in [0, 0.1) is 22.7 Å². The van der Waals surface area contributed by atoms with E-state index in [1.54, 1.807) is 0 Å². The number of hydrogen-bond acceptors (Lipinski definition) is 6. The van der Waals surface area contributed by atoms with Crippen molar-refractivity contribution in [2.24, 2.45) is 11.8 Å². The Morgan fingerprint density at radius 2 is 1.50 bits per heavy atom. The molecule has 1 aliphatic rings. The van der Waals surface area contributed by atoms with Gasteiger partial charge in [-0.25, -0.2) is 0 Å². The van der Waals surface area contributed by atoms with E-state index in [0.717, 1.165) is 4.90 Å². The minimum Gasteiger partial charge on any atom is -0.491 e. The Morgan fingerprint density at radius 1 is 0.967 bits per heavy atom. The van der Waals surface area contributed by atoms with Crippen LogP contribution in [0.3, 0.4) is 0 Å².